The number of halogens is 1. The van der Waals surface area contributed by atoms with Gasteiger partial charge in [0.2, 0.25) is 0 Å². The summed E-state index contributed by atoms with van der Waals surface area (Å²) in [6.07, 6.45) is 2.88. The number of benzene rings is 1. The van der Waals surface area contributed by atoms with E-state index in [4.69, 9.17) is 4.74 Å². The molecule has 1 aliphatic rings. The summed E-state index contributed by atoms with van der Waals surface area (Å²) in [7, 11) is 0. The fourth-order valence-corrected chi connectivity index (χ4v) is 1.74. The molecule has 1 aromatic carbocycles. The Balaban J connectivity index is 1.93. The molecule has 0 saturated carbocycles. The van der Waals surface area contributed by atoms with E-state index >= 15 is 0 Å². The van der Waals surface area contributed by atoms with E-state index in [0.29, 0.717) is 5.75 Å². The van der Waals surface area contributed by atoms with Crippen LogP contribution in [0.4, 0.5) is 9.18 Å². The standard InChI is InChI=1S/C12H14FNO2/c13-10-4-6-11(7-5-10)16-12(15)14-8-2-1-3-9-14/h4-7H,1-3,8-9H2. The summed E-state index contributed by atoms with van der Waals surface area (Å²) in [5, 5.41) is 0. The van der Waals surface area contributed by atoms with Crippen LogP contribution in [-0.2, 0) is 0 Å². The molecule has 0 N–H and O–H groups in total. The number of carbonyl (C=O) groups excluding carboxylic acids is 1. The largest absolute Gasteiger partial charge is 0.415 e. The van der Waals surface area contributed by atoms with E-state index in [1.165, 1.54) is 30.7 Å². The van der Waals surface area contributed by atoms with Crippen molar-refractivity contribution in [1.29, 1.82) is 0 Å². The normalized spacial score (nSPS) is 15.9. The molecule has 1 amide bonds. The molecule has 0 unspecified atom stereocenters. The number of amides is 1. The number of hydrogen-bond donors (Lipinski definition) is 0. The number of nitrogens with zero attached hydrogens (tertiary/aromatic N) is 1. The molecule has 2 rings (SSSR count). The predicted octanol–water partition coefficient (Wildman–Crippen LogP) is 2.81. The Morgan fingerprint density at radius 1 is 1.12 bits per heavy atom. The van der Waals surface area contributed by atoms with Gasteiger partial charge in [0.25, 0.3) is 0 Å². The van der Waals surface area contributed by atoms with E-state index in [1.54, 1.807) is 4.90 Å². The van der Waals surface area contributed by atoms with Crippen molar-refractivity contribution < 1.29 is 13.9 Å². The van der Waals surface area contributed by atoms with Crippen LogP contribution in [0.5, 0.6) is 5.75 Å². The third-order valence-corrected chi connectivity index (χ3v) is 2.63. The van der Waals surface area contributed by atoms with Crippen LogP contribution in [-0.4, -0.2) is 24.1 Å². The second-order valence-electron chi connectivity index (χ2n) is 3.87. The lowest BCUT2D eigenvalue weighted by molar-refractivity contribution is 0.142. The zero-order valence-electron chi connectivity index (χ0n) is 8.99. The van der Waals surface area contributed by atoms with Gasteiger partial charge in [-0.05, 0) is 43.5 Å². The van der Waals surface area contributed by atoms with E-state index in [-0.39, 0.29) is 11.9 Å². The summed E-state index contributed by atoms with van der Waals surface area (Å²) in [5.74, 6) is 0.0507. The molecule has 1 saturated heterocycles. The Kier molecular flexibility index (Phi) is 3.39. The number of carbonyl (C=O) groups is 1. The maximum atomic E-state index is 12.6. The molecule has 16 heavy (non-hydrogen) atoms. The molecule has 0 aromatic heterocycles. The third-order valence-electron chi connectivity index (χ3n) is 2.63. The minimum absolute atomic E-state index is 0.335. The second-order valence-corrected chi connectivity index (χ2v) is 3.87. The van der Waals surface area contributed by atoms with Crippen molar-refractivity contribution in [3.05, 3.63) is 30.1 Å². The Morgan fingerprint density at radius 3 is 2.38 bits per heavy atom. The van der Waals surface area contributed by atoms with Gasteiger partial charge in [-0.2, -0.15) is 0 Å². The zero-order valence-corrected chi connectivity index (χ0v) is 8.99. The van der Waals surface area contributed by atoms with Gasteiger partial charge in [-0.1, -0.05) is 0 Å². The van der Waals surface area contributed by atoms with E-state index in [1.807, 2.05) is 0 Å². The Morgan fingerprint density at radius 2 is 1.75 bits per heavy atom. The lowest BCUT2D eigenvalue weighted by Gasteiger charge is -2.25. The number of hydrogen-bond acceptors (Lipinski definition) is 2. The highest BCUT2D eigenvalue weighted by molar-refractivity contribution is 5.70. The zero-order chi connectivity index (χ0) is 11.4. The predicted molar refractivity (Wildman–Crippen MR) is 57.8 cm³/mol. The van der Waals surface area contributed by atoms with Crippen molar-refractivity contribution in [2.45, 2.75) is 19.3 Å². The van der Waals surface area contributed by atoms with Crippen molar-refractivity contribution in [3.8, 4) is 5.75 Å². The van der Waals surface area contributed by atoms with E-state index in [0.717, 1.165) is 25.9 Å². The van der Waals surface area contributed by atoms with Crippen LogP contribution in [0.1, 0.15) is 19.3 Å². The van der Waals surface area contributed by atoms with Crippen molar-refractivity contribution in [2.24, 2.45) is 0 Å². The molecule has 0 atom stereocenters. The first kappa shape index (κ1) is 10.9. The average Bonchev–Trinajstić information content (AvgIpc) is 2.33. The van der Waals surface area contributed by atoms with Crippen LogP contribution in [0.15, 0.2) is 24.3 Å². The van der Waals surface area contributed by atoms with Crippen LogP contribution in [0, 0.1) is 5.82 Å². The molecule has 1 aliphatic heterocycles. The summed E-state index contributed by atoms with van der Waals surface area (Å²) in [4.78, 5) is 13.3. The summed E-state index contributed by atoms with van der Waals surface area (Å²) in [6, 6.07) is 5.46. The molecule has 86 valence electrons. The maximum Gasteiger partial charge on any atom is 0.415 e. The summed E-state index contributed by atoms with van der Waals surface area (Å²) in [5.41, 5.74) is 0. The van der Waals surface area contributed by atoms with Crippen LogP contribution in [0.2, 0.25) is 0 Å². The molecule has 1 fully saturated rings. The van der Waals surface area contributed by atoms with Gasteiger partial charge in [0.05, 0.1) is 0 Å². The van der Waals surface area contributed by atoms with Gasteiger partial charge in [-0.3, -0.25) is 0 Å². The number of rotatable bonds is 1. The minimum Gasteiger partial charge on any atom is -0.410 e. The monoisotopic (exact) mass is 223 g/mol. The molecule has 0 bridgehead atoms. The maximum absolute atomic E-state index is 12.6. The fraction of sp³-hybridized carbons (Fsp3) is 0.417. The Hall–Kier alpha value is -1.58. The highest BCUT2D eigenvalue weighted by Gasteiger charge is 2.18. The molecular weight excluding hydrogens is 209 g/mol. The first-order valence-corrected chi connectivity index (χ1v) is 5.48. The Labute approximate surface area is 93.8 Å². The highest BCUT2D eigenvalue weighted by Crippen LogP contribution is 2.15. The van der Waals surface area contributed by atoms with Gasteiger partial charge in [-0.15, -0.1) is 0 Å². The van der Waals surface area contributed by atoms with Crippen LogP contribution in [0.3, 0.4) is 0 Å². The van der Waals surface area contributed by atoms with Gasteiger partial charge in [0, 0.05) is 13.1 Å². The summed E-state index contributed by atoms with van der Waals surface area (Å²) < 4.78 is 17.8. The van der Waals surface area contributed by atoms with E-state index < -0.39 is 0 Å². The number of piperidine rings is 1. The van der Waals surface area contributed by atoms with Gasteiger partial charge in [0.15, 0.2) is 0 Å². The van der Waals surface area contributed by atoms with E-state index in [2.05, 4.69) is 0 Å². The molecule has 3 nitrogen and oxygen atoms in total. The number of ether oxygens (including phenoxy) is 1. The van der Waals surface area contributed by atoms with Gasteiger partial charge in [0.1, 0.15) is 11.6 Å². The van der Waals surface area contributed by atoms with Crippen molar-refractivity contribution in [2.75, 3.05) is 13.1 Å². The third kappa shape index (κ3) is 2.72. The van der Waals surface area contributed by atoms with Crippen LogP contribution < -0.4 is 4.74 Å². The average molecular weight is 223 g/mol. The lowest BCUT2D eigenvalue weighted by Crippen LogP contribution is -2.37. The fourth-order valence-electron chi connectivity index (χ4n) is 1.74. The topological polar surface area (TPSA) is 29.5 Å². The van der Waals surface area contributed by atoms with Crippen LogP contribution in [0.25, 0.3) is 0 Å². The molecule has 4 heteroatoms. The SMILES string of the molecule is O=C(Oc1ccc(F)cc1)N1CCCCC1. The first-order valence-electron chi connectivity index (χ1n) is 5.48. The highest BCUT2D eigenvalue weighted by atomic mass is 19.1. The number of likely N-dealkylation sites (tertiary alicyclic amines) is 1. The van der Waals surface area contributed by atoms with Crippen molar-refractivity contribution >= 4 is 6.09 Å². The minimum atomic E-state index is -0.341. The molecule has 0 aliphatic carbocycles. The smallest absolute Gasteiger partial charge is 0.410 e. The summed E-state index contributed by atoms with van der Waals surface area (Å²) >= 11 is 0. The Bertz CT molecular complexity index is 358. The van der Waals surface area contributed by atoms with Crippen LogP contribution >= 0.6 is 0 Å². The van der Waals surface area contributed by atoms with E-state index in [9.17, 15) is 9.18 Å². The van der Waals surface area contributed by atoms with Crippen molar-refractivity contribution in [1.82, 2.24) is 4.90 Å². The molecular formula is C12H14FNO2. The second kappa shape index (κ2) is 4.96. The van der Waals surface area contributed by atoms with Gasteiger partial charge < -0.3 is 9.64 Å². The molecule has 1 aromatic rings. The van der Waals surface area contributed by atoms with Gasteiger partial charge in [-0.25, -0.2) is 9.18 Å². The van der Waals surface area contributed by atoms with Gasteiger partial charge >= 0.3 is 6.09 Å². The molecule has 0 radical (unpaired) electrons. The molecule has 0 spiro atoms. The first-order chi connectivity index (χ1) is 7.75. The lowest BCUT2D eigenvalue weighted by atomic mass is 10.1. The van der Waals surface area contributed by atoms with Crippen molar-refractivity contribution in [3.63, 3.8) is 0 Å². The summed E-state index contributed by atoms with van der Waals surface area (Å²) in [6.45, 7) is 1.50. The quantitative estimate of drug-likeness (QED) is 0.732. The molecule has 1 heterocycles.